The summed E-state index contributed by atoms with van der Waals surface area (Å²) < 4.78 is 0. The monoisotopic (exact) mass is 300 g/mol. The highest BCUT2D eigenvalue weighted by atomic mass is 35.5. The smallest absolute Gasteiger partial charge is 0.319 e. The van der Waals surface area contributed by atoms with Crippen LogP contribution in [0.1, 0.15) is 18.1 Å². The van der Waals surface area contributed by atoms with E-state index in [1.54, 1.807) is 0 Å². The highest BCUT2D eigenvalue weighted by molar-refractivity contribution is 6.18. The molecule has 0 aliphatic heterocycles. The van der Waals surface area contributed by atoms with E-state index in [1.807, 2.05) is 25.1 Å². The lowest BCUT2D eigenvalue weighted by Gasteiger charge is -2.12. The fourth-order valence-electron chi connectivity index (χ4n) is 2.63. The lowest BCUT2D eigenvalue weighted by atomic mass is 10.1. The zero-order chi connectivity index (χ0) is 14.8. The minimum absolute atomic E-state index is 0.0539. The quantitative estimate of drug-likeness (QED) is 0.705. The van der Waals surface area contributed by atoms with Crippen LogP contribution in [-0.2, 0) is 6.42 Å². The number of urea groups is 1. The molecule has 2 aromatic carbocycles. The third kappa shape index (κ3) is 2.88. The Morgan fingerprint density at radius 3 is 2.76 bits per heavy atom. The number of anilines is 1. The molecule has 1 aliphatic rings. The number of rotatable bonds is 3. The Kier molecular flexibility index (Phi) is 3.84. The molecule has 0 spiro atoms. The van der Waals surface area contributed by atoms with Gasteiger partial charge in [-0.3, -0.25) is 0 Å². The molecule has 3 nitrogen and oxygen atoms in total. The molecule has 0 saturated heterocycles. The number of carbonyl (C=O) groups is 1. The van der Waals surface area contributed by atoms with Crippen molar-refractivity contribution in [2.24, 2.45) is 0 Å². The summed E-state index contributed by atoms with van der Waals surface area (Å²) >= 11 is 5.69. The second-order valence-electron chi connectivity index (χ2n) is 5.36. The van der Waals surface area contributed by atoms with Crippen molar-refractivity contribution < 1.29 is 4.79 Å². The van der Waals surface area contributed by atoms with Crippen molar-refractivity contribution in [3.63, 3.8) is 0 Å². The maximum Gasteiger partial charge on any atom is 0.319 e. The molecule has 0 saturated carbocycles. The molecule has 1 atom stereocenters. The summed E-state index contributed by atoms with van der Waals surface area (Å²) in [6, 6.07) is 14.2. The van der Waals surface area contributed by atoms with E-state index in [9.17, 15) is 4.79 Å². The van der Waals surface area contributed by atoms with E-state index in [2.05, 4.69) is 34.9 Å². The first kappa shape index (κ1) is 14.0. The molecule has 108 valence electrons. The minimum Gasteiger partial charge on any atom is -0.334 e. The number of hydrogen-bond acceptors (Lipinski definition) is 1. The van der Waals surface area contributed by atoms with E-state index in [4.69, 9.17) is 11.6 Å². The van der Waals surface area contributed by atoms with Crippen LogP contribution in [0.3, 0.4) is 0 Å². The van der Waals surface area contributed by atoms with Gasteiger partial charge < -0.3 is 10.6 Å². The summed E-state index contributed by atoms with van der Waals surface area (Å²) in [5, 5.41) is 5.64. The van der Waals surface area contributed by atoms with Gasteiger partial charge in [-0.05, 0) is 47.7 Å². The molecule has 2 aromatic rings. The van der Waals surface area contributed by atoms with E-state index < -0.39 is 0 Å². The van der Waals surface area contributed by atoms with Crippen LogP contribution in [0, 0.1) is 0 Å². The van der Waals surface area contributed by atoms with Gasteiger partial charge in [-0.15, -0.1) is 11.6 Å². The Balaban J connectivity index is 1.80. The van der Waals surface area contributed by atoms with E-state index in [0.717, 1.165) is 12.1 Å². The Bertz CT molecular complexity index is 684. The Hall–Kier alpha value is -2.00. The molecule has 21 heavy (non-hydrogen) atoms. The molecule has 0 aromatic heterocycles. The van der Waals surface area contributed by atoms with Crippen LogP contribution in [0.15, 0.2) is 42.5 Å². The zero-order valence-corrected chi connectivity index (χ0v) is 12.6. The minimum atomic E-state index is -0.227. The summed E-state index contributed by atoms with van der Waals surface area (Å²) in [5.41, 5.74) is 5.89. The first-order chi connectivity index (χ1) is 10.2. The number of nitrogens with one attached hydrogen (secondary N) is 2. The summed E-state index contributed by atoms with van der Waals surface area (Å²) in [6.07, 6.45) is 0.960. The van der Waals surface area contributed by atoms with Gasteiger partial charge in [0.05, 0.1) is 0 Å². The third-order valence-corrected chi connectivity index (χ3v) is 4.13. The summed E-state index contributed by atoms with van der Waals surface area (Å²) in [7, 11) is 0. The van der Waals surface area contributed by atoms with Crippen molar-refractivity contribution in [2.75, 3.05) is 11.2 Å². The summed E-state index contributed by atoms with van der Waals surface area (Å²) in [4.78, 5) is 11.8. The standard InChI is InChI=1S/C17H17ClN2O/c1-11(10-18)19-17(21)20-14-7-6-13-8-12-4-2-3-5-15(12)16(13)9-14/h2-7,9,11H,8,10H2,1H3,(H2,19,20,21)/t11-/m0/s1. The Morgan fingerprint density at radius 2 is 1.95 bits per heavy atom. The van der Waals surface area contributed by atoms with Gasteiger partial charge in [0.25, 0.3) is 0 Å². The predicted octanol–water partition coefficient (Wildman–Crippen LogP) is 4.01. The first-order valence-corrected chi connectivity index (χ1v) is 7.55. The van der Waals surface area contributed by atoms with E-state index >= 15 is 0 Å². The number of fused-ring (bicyclic) bond motifs is 3. The van der Waals surface area contributed by atoms with Crippen LogP contribution >= 0.6 is 11.6 Å². The SMILES string of the molecule is C[C@@H](CCl)NC(=O)Nc1ccc2c(c1)-c1ccccc1C2. The van der Waals surface area contributed by atoms with Crippen LogP contribution in [0.5, 0.6) is 0 Å². The number of carbonyl (C=O) groups excluding carboxylic acids is 1. The molecule has 0 bridgehead atoms. The number of benzene rings is 2. The molecule has 0 radical (unpaired) electrons. The van der Waals surface area contributed by atoms with Crippen molar-refractivity contribution in [1.29, 1.82) is 0 Å². The van der Waals surface area contributed by atoms with Crippen LogP contribution in [0.25, 0.3) is 11.1 Å². The lowest BCUT2D eigenvalue weighted by Crippen LogP contribution is -2.37. The second kappa shape index (κ2) is 5.78. The van der Waals surface area contributed by atoms with Gasteiger partial charge in [0.15, 0.2) is 0 Å². The third-order valence-electron chi connectivity index (χ3n) is 3.67. The van der Waals surface area contributed by atoms with Gasteiger partial charge in [-0.1, -0.05) is 30.3 Å². The van der Waals surface area contributed by atoms with Crippen LogP contribution < -0.4 is 10.6 Å². The summed E-state index contributed by atoms with van der Waals surface area (Å²) in [6.45, 7) is 1.87. The Labute approximate surface area is 129 Å². The molecule has 0 heterocycles. The van der Waals surface area contributed by atoms with Gasteiger partial charge in [-0.2, -0.15) is 0 Å². The van der Waals surface area contributed by atoms with Crippen molar-refractivity contribution in [3.8, 4) is 11.1 Å². The van der Waals surface area contributed by atoms with Gasteiger partial charge >= 0.3 is 6.03 Å². The van der Waals surface area contributed by atoms with Crippen molar-refractivity contribution in [2.45, 2.75) is 19.4 Å². The molecular weight excluding hydrogens is 284 g/mol. The number of alkyl halides is 1. The first-order valence-electron chi connectivity index (χ1n) is 7.02. The van der Waals surface area contributed by atoms with Crippen molar-refractivity contribution in [3.05, 3.63) is 53.6 Å². The lowest BCUT2D eigenvalue weighted by molar-refractivity contribution is 0.250. The molecule has 0 fully saturated rings. The van der Waals surface area contributed by atoms with Gasteiger partial charge in [-0.25, -0.2) is 4.79 Å². The number of halogens is 1. The van der Waals surface area contributed by atoms with Crippen molar-refractivity contribution >= 4 is 23.3 Å². The van der Waals surface area contributed by atoms with Gasteiger partial charge in [0.2, 0.25) is 0 Å². The number of amides is 2. The van der Waals surface area contributed by atoms with E-state index in [0.29, 0.717) is 5.88 Å². The van der Waals surface area contributed by atoms with Crippen molar-refractivity contribution in [1.82, 2.24) is 5.32 Å². The fourth-order valence-corrected chi connectivity index (χ4v) is 2.71. The molecule has 0 unspecified atom stereocenters. The fraction of sp³-hybridized carbons (Fsp3) is 0.235. The largest absolute Gasteiger partial charge is 0.334 e. The molecule has 2 amide bonds. The Morgan fingerprint density at radius 1 is 1.19 bits per heavy atom. The molecule has 4 heteroatoms. The van der Waals surface area contributed by atoms with Crippen LogP contribution in [0.4, 0.5) is 10.5 Å². The second-order valence-corrected chi connectivity index (χ2v) is 5.67. The zero-order valence-electron chi connectivity index (χ0n) is 11.8. The maximum atomic E-state index is 11.8. The normalized spacial score (nSPS) is 13.2. The van der Waals surface area contributed by atoms with E-state index in [-0.39, 0.29) is 12.1 Å². The highest BCUT2D eigenvalue weighted by Crippen LogP contribution is 2.37. The average molecular weight is 301 g/mol. The highest BCUT2D eigenvalue weighted by Gasteiger charge is 2.18. The van der Waals surface area contributed by atoms with Gasteiger partial charge in [0.1, 0.15) is 0 Å². The molecule has 3 rings (SSSR count). The number of hydrogen-bond donors (Lipinski definition) is 2. The molecular formula is C17H17ClN2O. The van der Waals surface area contributed by atoms with E-state index in [1.165, 1.54) is 22.3 Å². The topological polar surface area (TPSA) is 41.1 Å². The van der Waals surface area contributed by atoms with Crippen LogP contribution in [-0.4, -0.2) is 18.0 Å². The molecule has 1 aliphatic carbocycles. The van der Waals surface area contributed by atoms with Crippen LogP contribution in [0.2, 0.25) is 0 Å². The summed E-state index contributed by atoms with van der Waals surface area (Å²) in [5.74, 6) is 0.394. The predicted molar refractivity (Wildman–Crippen MR) is 87.0 cm³/mol. The van der Waals surface area contributed by atoms with Gasteiger partial charge in [0, 0.05) is 17.6 Å². The average Bonchev–Trinajstić information content (AvgIpc) is 2.85. The molecule has 2 N–H and O–H groups in total. The maximum absolute atomic E-state index is 11.8.